The summed E-state index contributed by atoms with van der Waals surface area (Å²) in [6.45, 7) is 13.7. The Morgan fingerprint density at radius 2 is 1.50 bits per heavy atom. The standard InChI is InChI=1S/C48H52N2O2/c1-8-10-11-29-12-14-30(15-13-29)18-33-21-36(33)34-16-17-35(45(49)50)38-20-32-23-41-39(22-31(32)19-37(34)38)46(4,5)26-48(41)27-47(6,7)40-25-44(52-28(3)9-2)43(51)24-42(40)48/h1,12-15,21-25,28,33,45,51H,9-11,18-20,26-27,49-50H2,2-7H3. The average molecular weight is 689 g/mol. The van der Waals surface area contributed by atoms with Crippen LogP contribution in [0.25, 0.3) is 0 Å². The van der Waals surface area contributed by atoms with E-state index in [1.807, 2.05) is 6.07 Å². The summed E-state index contributed by atoms with van der Waals surface area (Å²) < 4.78 is 6.21. The lowest BCUT2D eigenvalue weighted by Crippen LogP contribution is -2.35. The Balaban J connectivity index is 1.13. The van der Waals surface area contributed by atoms with Crippen LogP contribution in [0.5, 0.6) is 11.5 Å². The van der Waals surface area contributed by atoms with Gasteiger partial charge in [-0.3, -0.25) is 0 Å². The Kier molecular flexibility index (Phi) is 8.18. The number of aryl methyl sites for hydroxylation is 1. The third kappa shape index (κ3) is 5.64. The lowest BCUT2D eigenvalue weighted by molar-refractivity contribution is 0.208. The zero-order valence-corrected chi connectivity index (χ0v) is 31.7. The number of terminal acetylenes is 1. The molecule has 0 bridgehead atoms. The molecule has 5 N–H and O–H groups in total. The van der Waals surface area contributed by atoms with Crippen LogP contribution in [-0.4, -0.2) is 17.4 Å². The van der Waals surface area contributed by atoms with E-state index in [-0.39, 0.29) is 28.1 Å². The molecule has 0 amide bonds. The lowest BCUT2D eigenvalue weighted by atomic mass is 9.71. The number of nitrogens with two attached hydrogens (primary N) is 2. The van der Waals surface area contributed by atoms with Gasteiger partial charge in [0.1, 0.15) is 0 Å². The third-order valence-corrected chi connectivity index (χ3v) is 12.7. The molecule has 3 aromatic carbocycles. The minimum atomic E-state index is -0.616. The number of phenols is 1. The monoisotopic (exact) mass is 688 g/mol. The van der Waals surface area contributed by atoms with Crippen LogP contribution in [-0.2, 0) is 41.9 Å². The molecule has 0 fully saturated rings. The van der Waals surface area contributed by atoms with Crippen LogP contribution in [0.4, 0.5) is 0 Å². The Morgan fingerprint density at radius 3 is 2.15 bits per heavy atom. The van der Waals surface area contributed by atoms with E-state index in [1.54, 1.807) is 0 Å². The topological polar surface area (TPSA) is 81.5 Å². The fraction of sp³-hybridized carbons (Fsp3) is 0.417. The van der Waals surface area contributed by atoms with Crippen molar-refractivity contribution < 1.29 is 9.84 Å². The van der Waals surface area contributed by atoms with Crippen molar-refractivity contribution >= 4 is 0 Å². The van der Waals surface area contributed by atoms with Crippen molar-refractivity contribution in [3.63, 3.8) is 0 Å². The number of aromatic hydroxyl groups is 1. The predicted octanol–water partition coefficient (Wildman–Crippen LogP) is 8.84. The maximum absolute atomic E-state index is 11.3. The summed E-state index contributed by atoms with van der Waals surface area (Å²) in [5, 5.41) is 11.3. The predicted molar refractivity (Wildman–Crippen MR) is 211 cm³/mol. The molecule has 0 saturated heterocycles. The summed E-state index contributed by atoms with van der Waals surface area (Å²) in [5.41, 5.74) is 36.1. The number of allylic oxidation sites excluding steroid dienone is 4. The van der Waals surface area contributed by atoms with Crippen LogP contribution >= 0.6 is 0 Å². The van der Waals surface area contributed by atoms with Crippen molar-refractivity contribution in [2.75, 3.05) is 0 Å². The molecule has 266 valence electrons. The highest BCUT2D eigenvalue weighted by atomic mass is 16.5. The van der Waals surface area contributed by atoms with Crippen molar-refractivity contribution in [2.24, 2.45) is 17.4 Å². The van der Waals surface area contributed by atoms with Gasteiger partial charge in [0.25, 0.3) is 0 Å². The average Bonchev–Trinajstić information content (AvgIpc) is 3.78. The van der Waals surface area contributed by atoms with E-state index < -0.39 is 6.17 Å². The Morgan fingerprint density at radius 1 is 0.885 bits per heavy atom. The van der Waals surface area contributed by atoms with Crippen molar-refractivity contribution in [3.8, 4) is 23.8 Å². The molecule has 4 nitrogen and oxygen atoms in total. The number of fused-ring (bicyclic) bond motifs is 5. The minimum Gasteiger partial charge on any atom is -0.504 e. The molecule has 0 radical (unpaired) electrons. The lowest BCUT2D eigenvalue weighted by Gasteiger charge is -2.32. The van der Waals surface area contributed by atoms with Crippen LogP contribution in [0, 0.1) is 18.3 Å². The molecule has 4 heteroatoms. The van der Waals surface area contributed by atoms with E-state index >= 15 is 0 Å². The van der Waals surface area contributed by atoms with Crippen LogP contribution in [0.1, 0.15) is 112 Å². The van der Waals surface area contributed by atoms with E-state index in [2.05, 4.69) is 107 Å². The van der Waals surface area contributed by atoms with Gasteiger partial charge >= 0.3 is 0 Å². The Hall–Kier alpha value is -4.48. The molecule has 5 aliphatic carbocycles. The van der Waals surface area contributed by atoms with Gasteiger partial charge < -0.3 is 21.3 Å². The second-order valence-corrected chi connectivity index (χ2v) is 17.4. The van der Waals surface area contributed by atoms with E-state index in [0.717, 1.165) is 56.9 Å². The second kappa shape index (κ2) is 12.3. The molecule has 52 heavy (non-hydrogen) atoms. The molecule has 0 heterocycles. The van der Waals surface area contributed by atoms with E-state index in [4.69, 9.17) is 22.6 Å². The smallest absolute Gasteiger partial charge is 0.161 e. The largest absolute Gasteiger partial charge is 0.504 e. The molecule has 0 saturated carbocycles. The van der Waals surface area contributed by atoms with Gasteiger partial charge in [0.15, 0.2) is 11.5 Å². The van der Waals surface area contributed by atoms with Crippen LogP contribution in [0.15, 0.2) is 93.9 Å². The van der Waals surface area contributed by atoms with Gasteiger partial charge in [-0.05, 0) is 136 Å². The molecular formula is C48H52N2O2. The summed E-state index contributed by atoms with van der Waals surface area (Å²) in [7, 11) is 0. The number of hydrogen-bond donors (Lipinski definition) is 3. The highest BCUT2D eigenvalue weighted by Gasteiger charge is 2.57. The van der Waals surface area contributed by atoms with E-state index in [9.17, 15) is 5.11 Å². The zero-order valence-electron chi connectivity index (χ0n) is 31.7. The first-order valence-electron chi connectivity index (χ1n) is 19.2. The van der Waals surface area contributed by atoms with Gasteiger partial charge in [0.2, 0.25) is 0 Å². The minimum absolute atomic E-state index is 0.0332. The van der Waals surface area contributed by atoms with Gasteiger partial charge in [0, 0.05) is 28.9 Å². The molecule has 3 unspecified atom stereocenters. The molecular weight excluding hydrogens is 637 g/mol. The first-order chi connectivity index (χ1) is 24.7. The maximum atomic E-state index is 11.3. The summed E-state index contributed by atoms with van der Waals surface area (Å²) >= 11 is 0. The number of rotatable bonds is 9. The fourth-order valence-electron chi connectivity index (χ4n) is 10.0. The van der Waals surface area contributed by atoms with Crippen LogP contribution in [0.2, 0.25) is 0 Å². The van der Waals surface area contributed by atoms with Crippen molar-refractivity contribution in [2.45, 2.75) is 121 Å². The summed E-state index contributed by atoms with van der Waals surface area (Å²) in [5.74, 6) is 3.96. The highest BCUT2D eigenvalue weighted by Crippen LogP contribution is 2.64. The van der Waals surface area contributed by atoms with Gasteiger partial charge in [-0.15, -0.1) is 12.3 Å². The van der Waals surface area contributed by atoms with Crippen molar-refractivity contribution in [3.05, 3.63) is 138 Å². The van der Waals surface area contributed by atoms with Gasteiger partial charge in [-0.1, -0.05) is 88.6 Å². The van der Waals surface area contributed by atoms with Gasteiger partial charge in [-0.2, -0.15) is 0 Å². The summed E-state index contributed by atoms with van der Waals surface area (Å²) in [6, 6.07) is 18.1. The second-order valence-electron chi connectivity index (χ2n) is 17.4. The zero-order chi connectivity index (χ0) is 36.7. The molecule has 3 aromatic rings. The van der Waals surface area contributed by atoms with Crippen LogP contribution < -0.4 is 16.2 Å². The number of hydrogen-bond acceptors (Lipinski definition) is 4. The first kappa shape index (κ1) is 34.6. The van der Waals surface area contributed by atoms with Crippen molar-refractivity contribution in [1.29, 1.82) is 0 Å². The molecule has 5 aliphatic rings. The summed E-state index contributed by atoms with van der Waals surface area (Å²) in [4.78, 5) is 0. The summed E-state index contributed by atoms with van der Waals surface area (Å²) in [6.07, 6.45) is 14.4. The van der Waals surface area contributed by atoms with E-state index in [0.29, 0.717) is 11.7 Å². The highest BCUT2D eigenvalue weighted by molar-refractivity contribution is 5.69. The number of phenolic OH excluding ortho intramolecular Hbond substituents is 1. The normalized spacial score (nSPS) is 23.3. The van der Waals surface area contributed by atoms with Crippen LogP contribution in [0.3, 0.4) is 0 Å². The molecule has 8 rings (SSSR count). The molecule has 0 aromatic heterocycles. The maximum Gasteiger partial charge on any atom is 0.161 e. The SMILES string of the molecule is C#CCCc1ccc(CC2C=C2C2=C=C=C(C(N)N)C3=C2Cc2cc4c(cc2C3)C2(CC(C)(C)c3cc(OC(C)CC)c(O)cc32)CC4(C)C)cc1. The van der Waals surface area contributed by atoms with Gasteiger partial charge in [-0.25, -0.2) is 0 Å². The molecule has 0 aliphatic heterocycles. The first-order valence-corrected chi connectivity index (χ1v) is 19.2. The number of benzene rings is 3. The van der Waals surface area contributed by atoms with E-state index in [1.165, 1.54) is 66.8 Å². The van der Waals surface area contributed by atoms with Gasteiger partial charge in [0.05, 0.1) is 12.3 Å². The number of ether oxygens (including phenoxy) is 1. The quantitative estimate of drug-likeness (QED) is 0.119. The third-order valence-electron chi connectivity index (χ3n) is 12.7. The molecule has 3 atom stereocenters. The Labute approximate surface area is 310 Å². The van der Waals surface area contributed by atoms with Crippen molar-refractivity contribution in [1.82, 2.24) is 0 Å². The molecule has 1 spiro atoms. The fourth-order valence-corrected chi connectivity index (χ4v) is 10.0. The Bertz CT molecular complexity index is 2220.